The minimum absolute atomic E-state index is 0.158. The van der Waals surface area contributed by atoms with E-state index in [-0.39, 0.29) is 16.2 Å². The van der Waals surface area contributed by atoms with Gasteiger partial charge in [-0.25, -0.2) is 8.42 Å². The summed E-state index contributed by atoms with van der Waals surface area (Å²) in [6.07, 6.45) is 3.15. The third-order valence-corrected chi connectivity index (χ3v) is 5.98. The van der Waals surface area contributed by atoms with E-state index in [1.807, 2.05) is 20.8 Å². The maximum atomic E-state index is 12.8. The largest absolute Gasteiger partial charge is 0.495 e. The second-order valence-corrected chi connectivity index (χ2v) is 9.55. The average Bonchev–Trinajstić information content (AvgIpc) is 2.53. The van der Waals surface area contributed by atoms with Gasteiger partial charge < -0.3 is 10.1 Å². The van der Waals surface area contributed by atoms with Crippen LogP contribution in [0.4, 0.5) is 5.69 Å². The van der Waals surface area contributed by atoms with Crippen molar-refractivity contribution in [2.24, 2.45) is 5.41 Å². The Kier molecular flexibility index (Phi) is 6.11. The molecule has 1 saturated heterocycles. The number of ether oxygens (including phenoxy) is 1. The van der Waals surface area contributed by atoms with Gasteiger partial charge in [-0.2, -0.15) is 4.31 Å². The van der Waals surface area contributed by atoms with E-state index in [1.54, 1.807) is 6.07 Å². The molecule has 6 nitrogen and oxygen atoms in total. The number of amides is 1. The van der Waals surface area contributed by atoms with Gasteiger partial charge in [-0.15, -0.1) is 0 Å². The predicted molar refractivity (Wildman–Crippen MR) is 98.3 cm³/mol. The number of carbonyl (C=O) groups is 1. The molecule has 25 heavy (non-hydrogen) atoms. The zero-order valence-corrected chi connectivity index (χ0v) is 16.3. The molecule has 1 amide bonds. The van der Waals surface area contributed by atoms with Gasteiger partial charge in [-0.05, 0) is 36.5 Å². The van der Waals surface area contributed by atoms with E-state index < -0.39 is 10.0 Å². The van der Waals surface area contributed by atoms with Crippen LogP contribution in [-0.4, -0.2) is 38.8 Å². The molecule has 1 N–H and O–H groups in total. The molecule has 0 spiro atoms. The second kappa shape index (κ2) is 7.74. The van der Waals surface area contributed by atoms with E-state index in [4.69, 9.17) is 4.74 Å². The Labute approximate surface area is 150 Å². The van der Waals surface area contributed by atoms with E-state index in [0.717, 1.165) is 19.3 Å². The summed E-state index contributed by atoms with van der Waals surface area (Å²) in [6, 6.07) is 4.61. The molecule has 1 aromatic carbocycles. The normalized spacial score (nSPS) is 16.5. The van der Waals surface area contributed by atoms with Crippen LogP contribution < -0.4 is 10.1 Å². The SMILES string of the molecule is COc1ccc(S(=O)(=O)N2CCCCC2)cc1NC(=O)CC(C)(C)C. The van der Waals surface area contributed by atoms with E-state index in [0.29, 0.717) is 30.9 Å². The Hall–Kier alpha value is -1.60. The summed E-state index contributed by atoms with van der Waals surface area (Å²) in [5.74, 6) is 0.276. The third-order valence-electron chi connectivity index (χ3n) is 4.09. The van der Waals surface area contributed by atoms with Gasteiger partial charge >= 0.3 is 0 Å². The van der Waals surface area contributed by atoms with Gasteiger partial charge in [0.15, 0.2) is 0 Å². The van der Waals surface area contributed by atoms with Gasteiger partial charge in [0.1, 0.15) is 5.75 Å². The summed E-state index contributed by atoms with van der Waals surface area (Å²) in [4.78, 5) is 12.4. The van der Waals surface area contributed by atoms with Crippen molar-refractivity contribution in [1.29, 1.82) is 0 Å². The maximum Gasteiger partial charge on any atom is 0.243 e. The van der Waals surface area contributed by atoms with E-state index >= 15 is 0 Å². The highest BCUT2D eigenvalue weighted by molar-refractivity contribution is 7.89. The fraction of sp³-hybridized carbons (Fsp3) is 0.611. The third kappa shape index (κ3) is 5.19. The summed E-state index contributed by atoms with van der Waals surface area (Å²) in [6.45, 7) is 7.00. The standard InChI is InChI=1S/C18H28N2O4S/c1-18(2,3)13-17(21)19-15-12-14(8-9-16(15)24-4)25(22,23)20-10-6-5-7-11-20/h8-9,12H,5-7,10-11,13H2,1-4H3,(H,19,21). The molecule has 0 radical (unpaired) electrons. The highest BCUT2D eigenvalue weighted by atomic mass is 32.2. The number of hydrogen-bond donors (Lipinski definition) is 1. The van der Waals surface area contributed by atoms with Gasteiger partial charge in [0.05, 0.1) is 17.7 Å². The summed E-state index contributed by atoms with van der Waals surface area (Å²) in [7, 11) is -2.06. The van der Waals surface area contributed by atoms with Crippen molar-refractivity contribution in [3.05, 3.63) is 18.2 Å². The zero-order chi connectivity index (χ0) is 18.7. The molecule has 1 aliphatic heterocycles. The van der Waals surface area contributed by atoms with Crippen molar-refractivity contribution < 1.29 is 17.9 Å². The minimum atomic E-state index is -3.55. The molecule has 1 aromatic rings. The van der Waals surface area contributed by atoms with Gasteiger partial charge in [0.2, 0.25) is 15.9 Å². The summed E-state index contributed by atoms with van der Waals surface area (Å²) >= 11 is 0. The lowest BCUT2D eigenvalue weighted by Gasteiger charge is -2.26. The fourth-order valence-electron chi connectivity index (χ4n) is 2.88. The number of carbonyl (C=O) groups excluding carboxylic acids is 1. The first-order chi connectivity index (χ1) is 11.6. The monoisotopic (exact) mass is 368 g/mol. The van der Waals surface area contributed by atoms with Crippen molar-refractivity contribution in [2.45, 2.75) is 51.3 Å². The lowest BCUT2D eigenvalue weighted by molar-refractivity contribution is -0.117. The summed E-state index contributed by atoms with van der Waals surface area (Å²) in [5, 5.41) is 2.79. The molecule has 0 saturated carbocycles. The van der Waals surface area contributed by atoms with E-state index in [9.17, 15) is 13.2 Å². The molecule has 7 heteroatoms. The number of hydrogen-bond acceptors (Lipinski definition) is 4. The fourth-order valence-corrected chi connectivity index (χ4v) is 4.42. The molecular formula is C18H28N2O4S. The van der Waals surface area contributed by atoms with Crippen molar-refractivity contribution in [1.82, 2.24) is 4.31 Å². The van der Waals surface area contributed by atoms with Crippen LogP contribution in [0.25, 0.3) is 0 Å². The lowest BCUT2D eigenvalue weighted by atomic mass is 9.92. The average molecular weight is 368 g/mol. The summed E-state index contributed by atoms with van der Waals surface area (Å²) in [5.41, 5.74) is 0.226. The number of methoxy groups -OCH3 is 1. The molecule has 0 unspecified atom stereocenters. The molecule has 1 fully saturated rings. The van der Waals surface area contributed by atoms with Crippen molar-refractivity contribution in [3.8, 4) is 5.75 Å². The van der Waals surface area contributed by atoms with Crippen molar-refractivity contribution in [3.63, 3.8) is 0 Å². The lowest BCUT2D eigenvalue weighted by Crippen LogP contribution is -2.35. The Morgan fingerprint density at radius 2 is 1.84 bits per heavy atom. The molecule has 0 aliphatic carbocycles. The van der Waals surface area contributed by atoms with Crippen LogP contribution in [0, 0.1) is 5.41 Å². The van der Waals surface area contributed by atoms with Crippen LogP contribution in [0.15, 0.2) is 23.1 Å². The number of nitrogens with zero attached hydrogens (tertiary/aromatic N) is 1. The topological polar surface area (TPSA) is 75.7 Å². The number of benzene rings is 1. The van der Waals surface area contributed by atoms with E-state index in [1.165, 1.54) is 23.5 Å². The van der Waals surface area contributed by atoms with Crippen LogP contribution in [0.2, 0.25) is 0 Å². The Balaban J connectivity index is 2.28. The number of rotatable bonds is 5. The highest BCUT2D eigenvalue weighted by Gasteiger charge is 2.27. The molecule has 1 heterocycles. The molecule has 2 rings (SSSR count). The summed E-state index contributed by atoms with van der Waals surface area (Å²) < 4.78 is 32.4. The molecule has 0 bridgehead atoms. The maximum absolute atomic E-state index is 12.8. The van der Waals surface area contributed by atoms with Gasteiger partial charge in [0, 0.05) is 19.5 Å². The molecular weight excluding hydrogens is 340 g/mol. The molecule has 1 aliphatic rings. The molecule has 140 valence electrons. The van der Waals surface area contributed by atoms with Gasteiger partial charge in [-0.1, -0.05) is 27.2 Å². The van der Waals surface area contributed by atoms with E-state index in [2.05, 4.69) is 5.32 Å². The van der Waals surface area contributed by atoms with Crippen molar-refractivity contribution >= 4 is 21.6 Å². The van der Waals surface area contributed by atoms with Crippen LogP contribution in [0.5, 0.6) is 5.75 Å². The quantitative estimate of drug-likeness (QED) is 0.866. The number of piperidine rings is 1. The Morgan fingerprint density at radius 3 is 2.40 bits per heavy atom. The van der Waals surface area contributed by atoms with Crippen LogP contribution in [0.3, 0.4) is 0 Å². The minimum Gasteiger partial charge on any atom is -0.495 e. The number of anilines is 1. The van der Waals surface area contributed by atoms with Gasteiger partial charge in [0.25, 0.3) is 0 Å². The Morgan fingerprint density at radius 1 is 1.20 bits per heavy atom. The highest BCUT2D eigenvalue weighted by Crippen LogP contribution is 2.30. The number of sulfonamides is 1. The first-order valence-electron chi connectivity index (χ1n) is 8.61. The Bertz CT molecular complexity index is 717. The predicted octanol–water partition coefficient (Wildman–Crippen LogP) is 3.24. The first kappa shape index (κ1) is 19.7. The van der Waals surface area contributed by atoms with Gasteiger partial charge in [-0.3, -0.25) is 4.79 Å². The van der Waals surface area contributed by atoms with Crippen molar-refractivity contribution in [2.75, 3.05) is 25.5 Å². The first-order valence-corrected chi connectivity index (χ1v) is 10.1. The molecule has 0 atom stereocenters. The van der Waals surface area contributed by atoms with Crippen LogP contribution >= 0.6 is 0 Å². The molecule has 0 aromatic heterocycles. The van der Waals surface area contributed by atoms with Crippen LogP contribution in [-0.2, 0) is 14.8 Å². The second-order valence-electron chi connectivity index (χ2n) is 7.61. The zero-order valence-electron chi connectivity index (χ0n) is 15.5. The van der Waals surface area contributed by atoms with Crippen LogP contribution in [0.1, 0.15) is 46.5 Å². The smallest absolute Gasteiger partial charge is 0.243 e. The number of nitrogens with one attached hydrogen (secondary N) is 1.